The normalized spacial score (nSPS) is 16.8. The van der Waals surface area contributed by atoms with Crippen LogP contribution < -0.4 is 15.4 Å². The lowest BCUT2D eigenvalue weighted by Gasteiger charge is -2.35. The average Bonchev–Trinajstić information content (AvgIpc) is 2.57. The summed E-state index contributed by atoms with van der Waals surface area (Å²) in [5.41, 5.74) is 0.358. The molecule has 2 N–H and O–H groups in total. The van der Waals surface area contributed by atoms with Gasteiger partial charge in [-0.15, -0.1) is 0 Å². The average molecular weight is 334 g/mol. The molecule has 5 heteroatoms. The molecule has 134 valence electrons. The fourth-order valence-corrected chi connectivity index (χ4v) is 2.93. The summed E-state index contributed by atoms with van der Waals surface area (Å²) in [7, 11) is 1.65. The van der Waals surface area contributed by atoms with Crippen LogP contribution in [0.3, 0.4) is 0 Å². The van der Waals surface area contributed by atoms with E-state index in [0.717, 1.165) is 43.8 Å². The first-order valence-corrected chi connectivity index (χ1v) is 8.80. The molecule has 1 aliphatic heterocycles. The molecule has 1 amide bonds. The lowest BCUT2D eigenvalue weighted by atomic mass is 9.78. The number of hydrogen-bond acceptors (Lipinski definition) is 4. The van der Waals surface area contributed by atoms with Gasteiger partial charge in [0.15, 0.2) is 0 Å². The monoisotopic (exact) mass is 334 g/mol. The molecule has 0 aliphatic carbocycles. The largest absolute Gasteiger partial charge is 0.494 e. The number of nitrogens with one attached hydrogen (secondary N) is 2. The molecule has 0 atom stereocenters. The van der Waals surface area contributed by atoms with Gasteiger partial charge in [-0.2, -0.15) is 0 Å². The lowest BCUT2D eigenvalue weighted by molar-refractivity contribution is -0.130. The summed E-state index contributed by atoms with van der Waals surface area (Å²) >= 11 is 0. The van der Waals surface area contributed by atoms with Crippen LogP contribution in [0.4, 0.5) is 5.69 Å². The molecule has 0 saturated carbocycles. The number of piperidine rings is 1. The number of anilines is 1. The minimum atomic E-state index is -0.438. The Morgan fingerprint density at radius 3 is 2.50 bits per heavy atom. The van der Waals surface area contributed by atoms with Crippen molar-refractivity contribution in [3.8, 4) is 5.75 Å². The van der Waals surface area contributed by atoms with Gasteiger partial charge in [0.2, 0.25) is 5.91 Å². The molecule has 1 aromatic rings. The highest BCUT2D eigenvalue weighted by atomic mass is 16.5. The Hall–Kier alpha value is -1.59. The Bertz CT molecular complexity index is 502. The van der Waals surface area contributed by atoms with Gasteiger partial charge < -0.3 is 20.1 Å². The van der Waals surface area contributed by atoms with Gasteiger partial charge in [-0.05, 0) is 62.5 Å². The molecule has 1 aliphatic rings. The van der Waals surface area contributed by atoms with E-state index in [-0.39, 0.29) is 5.91 Å². The third-order valence-corrected chi connectivity index (χ3v) is 4.54. The molecular weight excluding hydrogens is 304 g/mol. The summed E-state index contributed by atoms with van der Waals surface area (Å²) in [6.45, 7) is 7.22. The fraction of sp³-hybridized carbons (Fsp3) is 0.632. The van der Waals surface area contributed by atoms with Crippen LogP contribution in [0.25, 0.3) is 0 Å². The standard InChI is InChI=1S/C19H30N2O3/c1-15(2)8-13-24-17-6-4-16(5-7-17)21-18(22)19(14-23-3)9-11-20-12-10-19/h4-7,15,20H,8-14H2,1-3H3,(H,21,22). The Morgan fingerprint density at radius 1 is 1.25 bits per heavy atom. The van der Waals surface area contributed by atoms with Crippen molar-refractivity contribution in [2.24, 2.45) is 11.3 Å². The van der Waals surface area contributed by atoms with E-state index in [4.69, 9.17) is 9.47 Å². The van der Waals surface area contributed by atoms with Gasteiger partial charge in [-0.3, -0.25) is 4.79 Å². The summed E-state index contributed by atoms with van der Waals surface area (Å²) in [5, 5.41) is 6.34. The third-order valence-electron chi connectivity index (χ3n) is 4.54. The summed E-state index contributed by atoms with van der Waals surface area (Å²) in [4.78, 5) is 12.8. The number of carbonyl (C=O) groups excluding carboxylic acids is 1. The van der Waals surface area contributed by atoms with Crippen molar-refractivity contribution in [1.82, 2.24) is 5.32 Å². The van der Waals surface area contributed by atoms with Crippen molar-refractivity contribution in [3.63, 3.8) is 0 Å². The van der Waals surface area contributed by atoms with Gasteiger partial charge in [0.25, 0.3) is 0 Å². The maximum absolute atomic E-state index is 12.8. The molecule has 0 unspecified atom stereocenters. The van der Waals surface area contributed by atoms with Crippen molar-refractivity contribution < 1.29 is 14.3 Å². The number of hydrogen-bond donors (Lipinski definition) is 2. The van der Waals surface area contributed by atoms with E-state index < -0.39 is 5.41 Å². The minimum absolute atomic E-state index is 0.0410. The molecule has 1 saturated heterocycles. The SMILES string of the molecule is COCC1(C(=O)Nc2ccc(OCCC(C)C)cc2)CCNCC1. The topological polar surface area (TPSA) is 59.6 Å². The van der Waals surface area contributed by atoms with Crippen molar-refractivity contribution in [3.05, 3.63) is 24.3 Å². The Kier molecular flexibility index (Phi) is 7.06. The van der Waals surface area contributed by atoms with E-state index in [9.17, 15) is 4.79 Å². The first-order chi connectivity index (χ1) is 11.6. The van der Waals surface area contributed by atoms with Crippen LogP contribution in [-0.2, 0) is 9.53 Å². The van der Waals surface area contributed by atoms with Gasteiger partial charge in [0.1, 0.15) is 5.75 Å². The predicted octanol–water partition coefficient (Wildman–Crippen LogP) is 3.07. The molecule has 0 spiro atoms. The van der Waals surface area contributed by atoms with E-state index >= 15 is 0 Å². The summed E-state index contributed by atoms with van der Waals surface area (Å²) in [6, 6.07) is 7.59. The van der Waals surface area contributed by atoms with Gasteiger partial charge >= 0.3 is 0 Å². The molecule has 1 aromatic carbocycles. The molecule has 1 heterocycles. The van der Waals surface area contributed by atoms with E-state index in [2.05, 4.69) is 24.5 Å². The molecule has 0 aromatic heterocycles. The van der Waals surface area contributed by atoms with Crippen LogP contribution in [-0.4, -0.2) is 39.3 Å². The summed E-state index contributed by atoms with van der Waals surface area (Å²) in [6.07, 6.45) is 2.62. The Labute approximate surface area is 145 Å². The van der Waals surface area contributed by atoms with Crippen molar-refractivity contribution in [2.45, 2.75) is 33.1 Å². The van der Waals surface area contributed by atoms with Crippen molar-refractivity contribution >= 4 is 11.6 Å². The Balaban J connectivity index is 1.93. The highest BCUT2D eigenvalue weighted by Gasteiger charge is 2.39. The second-order valence-corrected chi connectivity index (χ2v) is 6.97. The molecule has 0 bridgehead atoms. The van der Waals surface area contributed by atoms with E-state index in [1.165, 1.54) is 0 Å². The number of methoxy groups -OCH3 is 1. The van der Waals surface area contributed by atoms with Gasteiger partial charge in [0.05, 0.1) is 18.6 Å². The lowest BCUT2D eigenvalue weighted by Crippen LogP contribution is -2.47. The molecular formula is C19H30N2O3. The zero-order valence-corrected chi connectivity index (χ0v) is 15.1. The number of amides is 1. The molecule has 1 fully saturated rings. The number of benzene rings is 1. The maximum Gasteiger partial charge on any atom is 0.233 e. The van der Waals surface area contributed by atoms with Crippen LogP contribution >= 0.6 is 0 Å². The van der Waals surface area contributed by atoms with Gasteiger partial charge in [-0.1, -0.05) is 13.8 Å². The summed E-state index contributed by atoms with van der Waals surface area (Å²) in [5.74, 6) is 1.51. The second-order valence-electron chi connectivity index (χ2n) is 6.97. The molecule has 24 heavy (non-hydrogen) atoms. The van der Waals surface area contributed by atoms with Crippen LogP contribution in [0.5, 0.6) is 5.75 Å². The van der Waals surface area contributed by atoms with E-state index in [0.29, 0.717) is 19.1 Å². The van der Waals surface area contributed by atoms with Crippen LogP contribution in [0, 0.1) is 11.3 Å². The molecule has 0 radical (unpaired) electrons. The van der Waals surface area contributed by atoms with Crippen LogP contribution in [0.15, 0.2) is 24.3 Å². The van der Waals surface area contributed by atoms with Gasteiger partial charge in [0, 0.05) is 12.8 Å². The first-order valence-electron chi connectivity index (χ1n) is 8.80. The predicted molar refractivity (Wildman–Crippen MR) is 96.4 cm³/mol. The minimum Gasteiger partial charge on any atom is -0.494 e. The Morgan fingerprint density at radius 2 is 1.92 bits per heavy atom. The smallest absolute Gasteiger partial charge is 0.233 e. The van der Waals surface area contributed by atoms with Crippen molar-refractivity contribution in [1.29, 1.82) is 0 Å². The zero-order valence-electron chi connectivity index (χ0n) is 15.1. The van der Waals surface area contributed by atoms with Crippen molar-refractivity contribution in [2.75, 3.05) is 38.7 Å². The zero-order chi connectivity index (χ0) is 17.4. The van der Waals surface area contributed by atoms with E-state index in [1.807, 2.05) is 24.3 Å². The second kappa shape index (κ2) is 9.04. The molecule has 2 rings (SSSR count). The highest BCUT2D eigenvalue weighted by Crippen LogP contribution is 2.31. The summed E-state index contributed by atoms with van der Waals surface area (Å²) < 4.78 is 11.0. The molecule has 5 nitrogen and oxygen atoms in total. The first kappa shape index (κ1) is 18.7. The quantitative estimate of drug-likeness (QED) is 0.767. The fourth-order valence-electron chi connectivity index (χ4n) is 2.93. The number of rotatable bonds is 8. The van der Waals surface area contributed by atoms with Crippen LogP contribution in [0.1, 0.15) is 33.1 Å². The highest BCUT2D eigenvalue weighted by molar-refractivity contribution is 5.95. The maximum atomic E-state index is 12.8. The van der Waals surface area contributed by atoms with E-state index in [1.54, 1.807) is 7.11 Å². The number of ether oxygens (including phenoxy) is 2. The van der Waals surface area contributed by atoms with Crippen LogP contribution in [0.2, 0.25) is 0 Å². The number of carbonyl (C=O) groups is 1. The van der Waals surface area contributed by atoms with Gasteiger partial charge in [-0.25, -0.2) is 0 Å². The third kappa shape index (κ3) is 5.21.